The summed E-state index contributed by atoms with van der Waals surface area (Å²) in [6.07, 6.45) is 6.76. The molecule has 1 aromatic heterocycles. The number of halogens is 1. The number of allylic oxidation sites excluding steroid dienone is 2. The first-order chi connectivity index (χ1) is 12.7. The largest absolute Gasteiger partial charge is 0.361 e. The van der Waals surface area contributed by atoms with Gasteiger partial charge in [-0.1, -0.05) is 36.4 Å². The summed E-state index contributed by atoms with van der Waals surface area (Å²) in [5.41, 5.74) is 4.60. The third-order valence-electron chi connectivity index (χ3n) is 5.10. The highest BCUT2D eigenvalue weighted by Gasteiger charge is 2.22. The van der Waals surface area contributed by atoms with Crippen molar-refractivity contribution in [3.63, 3.8) is 0 Å². The molecule has 132 valence electrons. The second kappa shape index (κ2) is 7.16. The molecule has 0 bridgehead atoms. The van der Waals surface area contributed by atoms with Gasteiger partial charge in [0.2, 0.25) is 5.91 Å². The van der Waals surface area contributed by atoms with Crippen molar-refractivity contribution in [2.75, 3.05) is 0 Å². The molecule has 3 nitrogen and oxygen atoms in total. The van der Waals surface area contributed by atoms with Crippen molar-refractivity contribution in [2.45, 2.75) is 25.8 Å². The van der Waals surface area contributed by atoms with Gasteiger partial charge in [0.25, 0.3) is 0 Å². The van der Waals surface area contributed by atoms with Crippen LogP contribution in [0, 0.1) is 11.7 Å². The molecule has 2 aromatic carbocycles. The zero-order valence-corrected chi connectivity index (χ0v) is 14.5. The number of para-hydroxylation sites is 1. The van der Waals surface area contributed by atoms with Crippen molar-refractivity contribution in [3.05, 3.63) is 77.7 Å². The lowest BCUT2D eigenvalue weighted by molar-refractivity contribution is -0.125. The monoisotopic (exact) mass is 348 g/mol. The number of carbonyl (C=O) groups is 1. The summed E-state index contributed by atoms with van der Waals surface area (Å²) < 4.78 is 12.9. The Morgan fingerprint density at radius 3 is 2.73 bits per heavy atom. The van der Waals surface area contributed by atoms with Crippen LogP contribution in [0.15, 0.2) is 60.8 Å². The number of fused-ring (bicyclic) bond motifs is 1. The van der Waals surface area contributed by atoms with Crippen LogP contribution in [0.25, 0.3) is 16.5 Å². The van der Waals surface area contributed by atoms with E-state index in [0.29, 0.717) is 6.54 Å². The molecule has 1 aliphatic rings. The summed E-state index contributed by atoms with van der Waals surface area (Å²) in [6.45, 7) is 0.439. The van der Waals surface area contributed by atoms with E-state index < -0.39 is 0 Å². The van der Waals surface area contributed by atoms with Gasteiger partial charge < -0.3 is 10.3 Å². The number of H-pyrrole nitrogens is 1. The average Bonchev–Trinajstić information content (AvgIpc) is 3.11. The van der Waals surface area contributed by atoms with Crippen LogP contribution in [-0.4, -0.2) is 10.9 Å². The first-order valence-electron chi connectivity index (χ1n) is 8.98. The van der Waals surface area contributed by atoms with Crippen LogP contribution >= 0.6 is 0 Å². The van der Waals surface area contributed by atoms with Crippen LogP contribution in [0.4, 0.5) is 4.39 Å². The van der Waals surface area contributed by atoms with Gasteiger partial charge in [0.15, 0.2) is 0 Å². The molecule has 0 fully saturated rings. The molecular formula is C22H21FN2O. The number of benzene rings is 2. The fourth-order valence-corrected chi connectivity index (χ4v) is 3.59. The third-order valence-corrected chi connectivity index (χ3v) is 5.10. The fraction of sp³-hybridized carbons (Fsp3) is 0.227. The summed E-state index contributed by atoms with van der Waals surface area (Å²) in [7, 11) is 0. The number of aromatic nitrogens is 1. The fourth-order valence-electron chi connectivity index (χ4n) is 3.59. The number of aromatic amines is 1. The van der Waals surface area contributed by atoms with E-state index in [1.807, 2.05) is 6.07 Å². The standard InChI is InChI=1S/C22H21FN2O/c23-18-11-5-15(6-12-18)13-25-22(26)17-9-7-16(8-10-17)20-14-24-21-4-2-1-3-19(20)21/h1-7,11-12,14,17,24H,8-10,13H2,(H,25,26)/t17-/m0/s1. The van der Waals surface area contributed by atoms with E-state index in [9.17, 15) is 9.18 Å². The van der Waals surface area contributed by atoms with Gasteiger partial charge in [0.05, 0.1) is 0 Å². The van der Waals surface area contributed by atoms with Gasteiger partial charge in [-0.2, -0.15) is 0 Å². The lowest BCUT2D eigenvalue weighted by Gasteiger charge is -2.21. The zero-order chi connectivity index (χ0) is 17.9. The Morgan fingerprint density at radius 1 is 1.15 bits per heavy atom. The van der Waals surface area contributed by atoms with Crippen LogP contribution in [-0.2, 0) is 11.3 Å². The van der Waals surface area contributed by atoms with E-state index in [0.717, 1.165) is 30.3 Å². The Hall–Kier alpha value is -2.88. The Kier molecular flexibility index (Phi) is 4.57. The number of hydrogen-bond acceptors (Lipinski definition) is 1. The van der Waals surface area contributed by atoms with Gasteiger partial charge >= 0.3 is 0 Å². The molecule has 2 N–H and O–H groups in total. The highest BCUT2D eigenvalue weighted by Crippen LogP contribution is 2.34. The summed E-state index contributed by atoms with van der Waals surface area (Å²) in [5, 5.41) is 4.20. The maximum Gasteiger partial charge on any atom is 0.223 e. The second-order valence-electron chi connectivity index (χ2n) is 6.79. The quantitative estimate of drug-likeness (QED) is 0.698. The van der Waals surface area contributed by atoms with Gasteiger partial charge in [-0.3, -0.25) is 4.79 Å². The van der Waals surface area contributed by atoms with Crippen molar-refractivity contribution in [1.29, 1.82) is 0 Å². The average molecular weight is 348 g/mol. The van der Waals surface area contributed by atoms with Crippen molar-refractivity contribution in [1.82, 2.24) is 10.3 Å². The summed E-state index contributed by atoms with van der Waals surface area (Å²) >= 11 is 0. The smallest absolute Gasteiger partial charge is 0.223 e. The summed E-state index contributed by atoms with van der Waals surface area (Å²) in [6, 6.07) is 14.5. The van der Waals surface area contributed by atoms with E-state index >= 15 is 0 Å². The topological polar surface area (TPSA) is 44.9 Å². The molecule has 0 radical (unpaired) electrons. The van der Waals surface area contributed by atoms with Crippen molar-refractivity contribution >= 4 is 22.4 Å². The predicted octanol–water partition coefficient (Wildman–Crippen LogP) is 4.81. The molecule has 4 heteroatoms. The molecule has 3 aromatic rings. The van der Waals surface area contributed by atoms with E-state index in [-0.39, 0.29) is 17.6 Å². The molecule has 0 saturated heterocycles. The zero-order valence-electron chi connectivity index (χ0n) is 14.5. The van der Waals surface area contributed by atoms with Crippen LogP contribution < -0.4 is 5.32 Å². The summed E-state index contributed by atoms with van der Waals surface area (Å²) in [4.78, 5) is 15.7. The number of amides is 1. The normalized spacial score (nSPS) is 17.1. The Morgan fingerprint density at radius 2 is 1.96 bits per heavy atom. The predicted molar refractivity (Wildman–Crippen MR) is 102 cm³/mol. The minimum atomic E-state index is -0.262. The molecule has 1 amide bonds. The minimum absolute atomic E-state index is 0.00408. The number of carbonyl (C=O) groups excluding carboxylic acids is 1. The van der Waals surface area contributed by atoms with Crippen molar-refractivity contribution in [3.8, 4) is 0 Å². The van der Waals surface area contributed by atoms with Crippen LogP contribution in [0.5, 0.6) is 0 Å². The lowest BCUT2D eigenvalue weighted by atomic mass is 9.86. The highest BCUT2D eigenvalue weighted by molar-refractivity contribution is 5.93. The third kappa shape index (κ3) is 3.40. The number of hydrogen-bond donors (Lipinski definition) is 2. The van der Waals surface area contributed by atoms with Crippen molar-refractivity contribution < 1.29 is 9.18 Å². The van der Waals surface area contributed by atoms with Gasteiger partial charge in [-0.25, -0.2) is 4.39 Å². The second-order valence-corrected chi connectivity index (χ2v) is 6.79. The van der Waals surface area contributed by atoms with Gasteiger partial charge in [-0.15, -0.1) is 0 Å². The Labute approximate surface area is 151 Å². The molecule has 0 spiro atoms. The van der Waals surface area contributed by atoms with Crippen LogP contribution in [0.2, 0.25) is 0 Å². The SMILES string of the molecule is O=C(NCc1ccc(F)cc1)[C@H]1CC=C(c2c[nH]c3ccccc23)CC1. The first kappa shape index (κ1) is 16.6. The number of nitrogens with one attached hydrogen (secondary N) is 2. The van der Waals surface area contributed by atoms with E-state index in [4.69, 9.17) is 0 Å². The van der Waals surface area contributed by atoms with E-state index in [2.05, 4.69) is 40.8 Å². The van der Waals surface area contributed by atoms with Gasteiger partial charge in [-0.05, 0) is 48.6 Å². The molecule has 0 unspecified atom stereocenters. The maximum absolute atomic E-state index is 12.9. The molecule has 26 heavy (non-hydrogen) atoms. The van der Waals surface area contributed by atoms with Gasteiger partial charge in [0, 0.05) is 35.1 Å². The molecule has 0 saturated carbocycles. The molecule has 0 aliphatic heterocycles. The Balaban J connectivity index is 1.39. The lowest BCUT2D eigenvalue weighted by Crippen LogP contribution is -2.31. The Bertz CT molecular complexity index is 956. The van der Waals surface area contributed by atoms with Crippen molar-refractivity contribution in [2.24, 2.45) is 5.92 Å². The highest BCUT2D eigenvalue weighted by atomic mass is 19.1. The van der Waals surface area contributed by atoms with Crippen LogP contribution in [0.3, 0.4) is 0 Å². The minimum Gasteiger partial charge on any atom is -0.361 e. The van der Waals surface area contributed by atoms with E-state index in [1.165, 1.54) is 28.7 Å². The summed E-state index contributed by atoms with van der Waals surface area (Å²) in [5.74, 6) is -0.185. The number of rotatable bonds is 4. The molecular weight excluding hydrogens is 327 g/mol. The maximum atomic E-state index is 12.9. The first-order valence-corrected chi connectivity index (χ1v) is 8.98. The van der Waals surface area contributed by atoms with Gasteiger partial charge in [0.1, 0.15) is 5.82 Å². The molecule has 1 atom stereocenters. The molecule has 1 heterocycles. The van der Waals surface area contributed by atoms with E-state index in [1.54, 1.807) is 12.1 Å². The molecule has 4 rings (SSSR count). The van der Waals surface area contributed by atoms with Crippen LogP contribution in [0.1, 0.15) is 30.4 Å². The molecule has 1 aliphatic carbocycles.